The first-order chi connectivity index (χ1) is 6.74. The quantitative estimate of drug-likeness (QED) is 0.745. The van der Waals surface area contributed by atoms with Crippen molar-refractivity contribution in [2.45, 2.75) is 32.6 Å². The van der Waals surface area contributed by atoms with Crippen LogP contribution >= 0.6 is 0 Å². The fraction of sp³-hybridized carbons (Fsp3) is 0.455. The molecule has 1 aliphatic rings. The molecule has 0 saturated heterocycles. The average Bonchev–Trinajstić information content (AvgIpc) is 2.87. The van der Waals surface area contributed by atoms with E-state index in [2.05, 4.69) is 27.9 Å². The highest BCUT2D eigenvalue weighted by atomic mass is 15.0. The van der Waals surface area contributed by atoms with Crippen LogP contribution in [0.1, 0.15) is 35.8 Å². The third-order valence-corrected chi connectivity index (χ3v) is 2.77. The Labute approximate surface area is 82.6 Å². The fourth-order valence-electron chi connectivity index (χ4n) is 1.87. The summed E-state index contributed by atoms with van der Waals surface area (Å²) in [5.74, 6) is 1.80. The number of aromatic nitrogens is 3. The number of hydrogen-bond donors (Lipinski definition) is 1. The monoisotopic (exact) mass is 187 g/mol. The number of rotatable bonds is 1. The van der Waals surface area contributed by atoms with Crippen molar-refractivity contribution in [3.8, 4) is 0 Å². The lowest BCUT2D eigenvalue weighted by Crippen LogP contribution is -1.85. The molecule has 0 atom stereocenters. The second-order valence-electron chi connectivity index (χ2n) is 4.18. The van der Waals surface area contributed by atoms with E-state index in [0.29, 0.717) is 5.92 Å². The van der Waals surface area contributed by atoms with Crippen LogP contribution in [-0.4, -0.2) is 15.0 Å². The van der Waals surface area contributed by atoms with E-state index in [0.717, 1.165) is 22.7 Å². The molecule has 0 spiro atoms. The van der Waals surface area contributed by atoms with Gasteiger partial charge in [-0.1, -0.05) is 0 Å². The van der Waals surface area contributed by atoms with Gasteiger partial charge in [0.1, 0.15) is 5.82 Å². The van der Waals surface area contributed by atoms with Crippen LogP contribution in [0.5, 0.6) is 0 Å². The SMILES string of the molecule is Cc1cc(C)c2[nH]c(C3CC3)nc2n1. The summed E-state index contributed by atoms with van der Waals surface area (Å²) >= 11 is 0. The first-order valence-corrected chi connectivity index (χ1v) is 5.08. The Hall–Kier alpha value is -1.38. The second kappa shape index (κ2) is 2.56. The van der Waals surface area contributed by atoms with Gasteiger partial charge in [-0.3, -0.25) is 0 Å². The highest BCUT2D eigenvalue weighted by Gasteiger charge is 2.27. The van der Waals surface area contributed by atoms with Gasteiger partial charge in [0.25, 0.3) is 0 Å². The molecule has 1 aliphatic carbocycles. The Morgan fingerprint density at radius 3 is 2.79 bits per heavy atom. The first-order valence-electron chi connectivity index (χ1n) is 5.08. The van der Waals surface area contributed by atoms with Crippen molar-refractivity contribution in [1.29, 1.82) is 0 Å². The molecule has 72 valence electrons. The van der Waals surface area contributed by atoms with E-state index in [1.807, 2.05) is 6.92 Å². The second-order valence-corrected chi connectivity index (χ2v) is 4.18. The lowest BCUT2D eigenvalue weighted by Gasteiger charge is -1.95. The molecule has 1 saturated carbocycles. The molecule has 2 heterocycles. The number of pyridine rings is 1. The lowest BCUT2D eigenvalue weighted by molar-refractivity contribution is 0.982. The zero-order chi connectivity index (χ0) is 9.71. The van der Waals surface area contributed by atoms with E-state index < -0.39 is 0 Å². The number of fused-ring (bicyclic) bond motifs is 1. The van der Waals surface area contributed by atoms with Gasteiger partial charge < -0.3 is 4.98 Å². The Kier molecular flexibility index (Phi) is 1.46. The molecule has 0 radical (unpaired) electrons. The van der Waals surface area contributed by atoms with Gasteiger partial charge in [0, 0.05) is 11.6 Å². The summed E-state index contributed by atoms with van der Waals surface area (Å²) in [7, 11) is 0. The van der Waals surface area contributed by atoms with Crippen molar-refractivity contribution in [3.05, 3.63) is 23.1 Å². The number of H-pyrrole nitrogens is 1. The van der Waals surface area contributed by atoms with Gasteiger partial charge in [-0.15, -0.1) is 0 Å². The summed E-state index contributed by atoms with van der Waals surface area (Å²) in [6, 6.07) is 2.09. The van der Waals surface area contributed by atoms with E-state index in [9.17, 15) is 0 Å². The van der Waals surface area contributed by atoms with Gasteiger partial charge in [0.15, 0.2) is 5.65 Å². The maximum absolute atomic E-state index is 4.53. The average molecular weight is 187 g/mol. The number of nitrogens with one attached hydrogen (secondary N) is 1. The molecule has 0 aliphatic heterocycles. The van der Waals surface area contributed by atoms with Gasteiger partial charge in [0.2, 0.25) is 0 Å². The summed E-state index contributed by atoms with van der Waals surface area (Å²) in [5.41, 5.74) is 4.28. The molecular formula is C11H13N3. The number of imidazole rings is 1. The van der Waals surface area contributed by atoms with Crippen molar-refractivity contribution >= 4 is 11.2 Å². The largest absolute Gasteiger partial charge is 0.340 e. The molecular weight excluding hydrogens is 174 g/mol. The van der Waals surface area contributed by atoms with Crippen molar-refractivity contribution in [2.75, 3.05) is 0 Å². The van der Waals surface area contributed by atoms with Crippen LogP contribution in [0.4, 0.5) is 0 Å². The van der Waals surface area contributed by atoms with Gasteiger partial charge >= 0.3 is 0 Å². The smallest absolute Gasteiger partial charge is 0.178 e. The summed E-state index contributed by atoms with van der Waals surface area (Å²) < 4.78 is 0. The third-order valence-electron chi connectivity index (χ3n) is 2.77. The molecule has 3 heteroatoms. The van der Waals surface area contributed by atoms with Crippen LogP contribution in [0.3, 0.4) is 0 Å². The fourth-order valence-corrected chi connectivity index (χ4v) is 1.87. The van der Waals surface area contributed by atoms with Crippen molar-refractivity contribution < 1.29 is 0 Å². The minimum Gasteiger partial charge on any atom is -0.340 e. The van der Waals surface area contributed by atoms with Crippen molar-refractivity contribution in [2.24, 2.45) is 0 Å². The summed E-state index contributed by atoms with van der Waals surface area (Å²) in [5, 5.41) is 0. The Balaban J connectivity index is 2.26. The van der Waals surface area contributed by atoms with E-state index in [1.54, 1.807) is 0 Å². The van der Waals surface area contributed by atoms with Gasteiger partial charge in [0.05, 0.1) is 5.52 Å². The zero-order valence-electron chi connectivity index (χ0n) is 8.46. The maximum Gasteiger partial charge on any atom is 0.178 e. The normalized spacial score (nSPS) is 16.4. The van der Waals surface area contributed by atoms with Crippen LogP contribution in [0.25, 0.3) is 11.2 Å². The van der Waals surface area contributed by atoms with Gasteiger partial charge in [-0.25, -0.2) is 9.97 Å². The molecule has 2 aromatic heterocycles. The van der Waals surface area contributed by atoms with Crippen LogP contribution in [0, 0.1) is 13.8 Å². The third kappa shape index (κ3) is 1.12. The van der Waals surface area contributed by atoms with Crippen LogP contribution in [-0.2, 0) is 0 Å². The maximum atomic E-state index is 4.53. The molecule has 1 N–H and O–H groups in total. The Morgan fingerprint density at radius 1 is 1.29 bits per heavy atom. The van der Waals surface area contributed by atoms with E-state index in [1.165, 1.54) is 18.4 Å². The summed E-state index contributed by atoms with van der Waals surface area (Å²) in [6.07, 6.45) is 2.55. The number of hydrogen-bond acceptors (Lipinski definition) is 2. The highest BCUT2D eigenvalue weighted by Crippen LogP contribution is 2.39. The minimum atomic E-state index is 0.670. The molecule has 0 unspecified atom stereocenters. The first kappa shape index (κ1) is 7.97. The van der Waals surface area contributed by atoms with Crippen LogP contribution in [0.15, 0.2) is 6.07 Å². The molecule has 3 nitrogen and oxygen atoms in total. The standard InChI is InChI=1S/C11H13N3/c1-6-5-7(2)12-11-9(6)13-10(14-11)8-3-4-8/h5,8H,3-4H2,1-2H3,(H,12,13,14). The Morgan fingerprint density at radius 2 is 2.07 bits per heavy atom. The van der Waals surface area contributed by atoms with Crippen LogP contribution in [0.2, 0.25) is 0 Å². The molecule has 0 aromatic carbocycles. The number of nitrogens with zero attached hydrogens (tertiary/aromatic N) is 2. The Bertz CT molecular complexity index is 494. The zero-order valence-corrected chi connectivity index (χ0v) is 8.46. The van der Waals surface area contributed by atoms with E-state index >= 15 is 0 Å². The molecule has 2 aromatic rings. The number of aromatic amines is 1. The molecule has 3 rings (SSSR count). The molecule has 0 amide bonds. The van der Waals surface area contributed by atoms with E-state index in [4.69, 9.17) is 0 Å². The van der Waals surface area contributed by atoms with Crippen molar-refractivity contribution in [3.63, 3.8) is 0 Å². The number of aryl methyl sites for hydroxylation is 2. The van der Waals surface area contributed by atoms with Crippen molar-refractivity contribution in [1.82, 2.24) is 15.0 Å². The summed E-state index contributed by atoms with van der Waals surface area (Å²) in [6.45, 7) is 4.11. The molecule has 14 heavy (non-hydrogen) atoms. The van der Waals surface area contributed by atoms with E-state index in [-0.39, 0.29) is 0 Å². The lowest BCUT2D eigenvalue weighted by atomic mass is 10.2. The van der Waals surface area contributed by atoms with Crippen LogP contribution < -0.4 is 0 Å². The minimum absolute atomic E-state index is 0.670. The predicted molar refractivity (Wildman–Crippen MR) is 55.3 cm³/mol. The highest BCUT2D eigenvalue weighted by molar-refractivity contribution is 5.75. The molecule has 0 bridgehead atoms. The predicted octanol–water partition coefficient (Wildman–Crippen LogP) is 2.45. The topological polar surface area (TPSA) is 41.6 Å². The molecule has 1 fully saturated rings. The summed E-state index contributed by atoms with van der Waals surface area (Å²) in [4.78, 5) is 12.3. The van der Waals surface area contributed by atoms with Gasteiger partial charge in [-0.05, 0) is 38.3 Å². The van der Waals surface area contributed by atoms with Gasteiger partial charge in [-0.2, -0.15) is 0 Å².